The summed E-state index contributed by atoms with van der Waals surface area (Å²) in [7, 11) is 0. The van der Waals surface area contributed by atoms with E-state index in [2.05, 4.69) is 59.5 Å². The van der Waals surface area contributed by atoms with Crippen LogP contribution < -0.4 is 5.32 Å². The summed E-state index contributed by atoms with van der Waals surface area (Å²) in [5.41, 5.74) is 4.95. The summed E-state index contributed by atoms with van der Waals surface area (Å²) >= 11 is 0. The quantitative estimate of drug-likeness (QED) is 0.272. The Morgan fingerprint density at radius 3 is 2.23 bits per heavy atom. The van der Waals surface area contributed by atoms with Crippen LogP contribution in [-0.4, -0.2) is 34.2 Å². The van der Waals surface area contributed by atoms with Gasteiger partial charge < -0.3 is 15.5 Å². The average Bonchev–Trinajstić information content (AvgIpc) is 3.33. The summed E-state index contributed by atoms with van der Waals surface area (Å²) in [6.07, 6.45) is 13.4. The molecule has 0 amide bonds. The maximum absolute atomic E-state index is 11.5. The zero-order valence-corrected chi connectivity index (χ0v) is 28.0. The molecule has 9 atom stereocenters. The number of hydrogen-bond acceptors (Lipinski definition) is 3. The number of aliphatic carboxylic acids is 1. The van der Waals surface area contributed by atoms with Crippen molar-refractivity contribution in [3.63, 3.8) is 0 Å². The van der Waals surface area contributed by atoms with E-state index in [-0.39, 0.29) is 33.6 Å². The fourth-order valence-electron chi connectivity index (χ4n) is 12.8. The smallest absolute Gasteiger partial charge is 0.335 e. The topological polar surface area (TPSA) is 86.6 Å². The Balaban J connectivity index is 1.33. The lowest BCUT2D eigenvalue weighted by Gasteiger charge is -2.72. The van der Waals surface area contributed by atoms with Gasteiger partial charge in [-0.3, -0.25) is 4.79 Å². The summed E-state index contributed by atoms with van der Waals surface area (Å²) in [4.78, 5) is 22.9. The molecule has 0 heterocycles. The van der Waals surface area contributed by atoms with Gasteiger partial charge in [0.25, 0.3) is 0 Å². The van der Waals surface area contributed by atoms with Crippen LogP contribution in [0.4, 0.5) is 0 Å². The number of nitrogens with one attached hydrogen (secondary N) is 1. The van der Waals surface area contributed by atoms with Crippen LogP contribution in [0.5, 0.6) is 0 Å². The highest BCUT2D eigenvalue weighted by molar-refractivity contribution is 5.88. The Hall–Kier alpha value is -2.40. The van der Waals surface area contributed by atoms with E-state index < -0.39 is 11.9 Å². The van der Waals surface area contributed by atoms with Crippen molar-refractivity contribution in [1.82, 2.24) is 5.32 Å². The van der Waals surface area contributed by atoms with Crippen molar-refractivity contribution in [2.24, 2.45) is 51.2 Å². The molecule has 5 nitrogen and oxygen atoms in total. The number of aromatic carboxylic acids is 1. The third kappa shape index (κ3) is 4.42. The maximum atomic E-state index is 11.5. The minimum Gasteiger partial charge on any atom is -0.481 e. The van der Waals surface area contributed by atoms with E-state index in [1.165, 1.54) is 49.7 Å². The van der Waals surface area contributed by atoms with Crippen LogP contribution in [0, 0.1) is 51.2 Å². The van der Waals surface area contributed by atoms with Gasteiger partial charge in [0.2, 0.25) is 0 Å². The van der Waals surface area contributed by atoms with Crippen LogP contribution in [0.25, 0.3) is 5.57 Å². The summed E-state index contributed by atoms with van der Waals surface area (Å²) in [6.45, 7) is 20.1. The highest BCUT2D eigenvalue weighted by Gasteiger charge is 2.70. The second-order valence-corrected chi connectivity index (χ2v) is 16.8. The lowest BCUT2D eigenvalue weighted by atomic mass is 9.33. The standard InChI is InChI=1S/C39H55NO4/c1-24(2)27-14-20-39(40-23-17-32(41)42)22-21-37(6)29(33(27)39)12-13-31-36(5)18-15-28(25-8-10-26(11-9-25)34(43)44)35(3,4)30(36)16-19-38(31,37)7/h8-11,15,27,29-31,33,40H,1,12-14,16-23H2,2-7H3,(H,41,42)(H,43,44)/t27-,29+,30-,31+,33+,36-,37+,38+,39-/m0/s1. The average molecular weight is 602 g/mol. The number of hydrogen-bond donors (Lipinski definition) is 3. The molecule has 1 aromatic rings. The monoisotopic (exact) mass is 601 g/mol. The lowest BCUT2D eigenvalue weighted by Crippen LogP contribution is -2.68. The number of rotatable bonds is 7. The molecule has 0 bridgehead atoms. The van der Waals surface area contributed by atoms with Crippen LogP contribution in [-0.2, 0) is 4.79 Å². The van der Waals surface area contributed by atoms with Crippen LogP contribution in [0.3, 0.4) is 0 Å². The second-order valence-electron chi connectivity index (χ2n) is 16.8. The first-order valence-electron chi connectivity index (χ1n) is 17.3. The van der Waals surface area contributed by atoms with Crippen molar-refractivity contribution in [3.8, 4) is 0 Å². The molecule has 240 valence electrons. The van der Waals surface area contributed by atoms with Crippen LogP contribution in [0.15, 0.2) is 42.5 Å². The number of fused-ring (bicyclic) bond motifs is 7. The summed E-state index contributed by atoms with van der Waals surface area (Å²) in [5.74, 6) is 1.29. The minimum absolute atomic E-state index is 0.00308. The van der Waals surface area contributed by atoms with E-state index in [0.29, 0.717) is 41.7 Å². The van der Waals surface area contributed by atoms with Crippen molar-refractivity contribution >= 4 is 17.5 Å². The molecule has 0 aliphatic heterocycles. The van der Waals surface area contributed by atoms with Crippen molar-refractivity contribution in [2.75, 3.05) is 6.54 Å². The van der Waals surface area contributed by atoms with Gasteiger partial charge in [0.1, 0.15) is 0 Å². The Morgan fingerprint density at radius 2 is 1.59 bits per heavy atom. The van der Waals surface area contributed by atoms with Gasteiger partial charge in [-0.25, -0.2) is 4.79 Å². The molecule has 4 fully saturated rings. The predicted octanol–water partition coefficient (Wildman–Crippen LogP) is 8.85. The third-order valence-electron chi connectivity index (χ3n) is 14.9. The van der Waals surface area contributed by atoms with Gasteiger partial charge in [-0.15, -0.1) is 0 Å². The number of carboxylic acids is 2. The van der Waals surface area contributed by atoms with Gasteiger partial charge in [-0.2, -0.15) is 0 Å². The highest BCUT2D eigenvalue weighted by Crippen LogP contribution is 2.76. The fraction of sp³-hybridized carbons (Fsp3) is 0.692. The number of allylic oxidation sites excluding steroid dienone is 3. The maximum Gasteiger partial charge on any atom is 0.335 e. The molecule has 0 saturated heterocycles. The van der Waals surface area contributed by atoms with E-state index in [0.717, 1.165) is 24.8 Å². The number of benzene rings is 1. The van der Waals surface area contributed by atoms with Gasteiger partial charge in [-0.05, 0) is 139 Å². The van der Waals surface area contributed by atoms with Crippen LogP contribution in [0.2, 0.25) is 0 Å². The van der Waals surface area contributed by atoms with Crippen molar-refractivity contribution in [2.45, 2.75) is 111 Å². The summed E-state index contributed by atoms with van der Waals surface area (Å²) in [5, 5.41) is 22.7. The largest absolute Gasteiger partial charge is 0.481 e. The molecule has 5 aliphatic carbocycles. The van der Waals surface area contributed by atoms with Crippen molar-refractivity contribution in [1.29, 1.82) is 0 Å². The van der Waals surface area contributed by atoms with Crippen molar-refractivity contribution < 1.29 is 19.8 Å². The van der Waals surface area contributed by atoms with Crippen LogP contribution >= 0.6 is 0 Å². The summed E-state index contributed by atoms with van der Waals surface area (Å²) in [6, 6.07) is 7.53. The molecule has 5 heteroatoms. The molecule has 0 unspecified atom stereocenters. The van der Waals surface area contributed by atoms with E-state index in [9.17, 15) is 19.8 Å². The molecule has 0 radical (unpaired) electrons. The first-order valence-corrected chi connectivity index (χ1v) is 17.3. The molecular formula is C39H55NO4. The van der Waals surface area contributed by atoms with E-state index in [4.69, 9.17) is 0 Å². The molecule has 4 saturated carbocycles. The van der Waals surface area contributed by atoms with Gasteiger partial charge >= 0.3 is 11.9 Å². The predicted molar refractivity (Wildman–Crippen MR) is 176 cm³/mol. The molecule has 0 spiro atoms. The van der Waals surface area contributed by atoms with Gasteiger partial charge in [-0.1, -0.05) is 65.0 Å². The Labute approximate surface area is 265 Å². The van der Waals surface area contributed by atoms with Crippen molar-refractivity contribution in [3.05, 3.63) is 53.6 Å². The van der Waals surface area contributed by atoms with E-state index in [1.807, 2.05) is 12.1 Å². The Bertz CT molecular complexity index is 1380. The molecule has 44 heavy (non-hydrogen) atoms. The normalized spacial score (nSPS) is 42.2. The number of carboxylic acid groups (broad SMARTS) is 2. The third-order valence-corrected chi connectivity index (χ3v) is 14.9. The first-order chi connectivity index (χ1) is 20.6. The van der Waals surface area contributed by atoms with Gasteiger partial charge in [0.15, 0.2) is 0 Å². The van der Waals surface area contributed by atoms with Gasteiger partial charge in [0.05, 0.1) is 12.0 Å². The zero-order valence-electron chi connectivity index (χ0n) is 28.0. The molecular weight excluding hydrogens is 546 g/mol. The lowest BCUT2D eigenvalue weighted by molar-refractivity contribution is -0.219. The highest BCUT2D eigenvalue weighted by atomic mass is 16.4. The van der Waals surface area contributed by atoms with E-state index >= 15 is 0 Å². The zero-order chi connectivity index (χ0) is 31.9. The molecule has 6 rings (SSSR count). The minimum atomic E-state index is -0.875. The Kier molecular flexibility index (Phi) is 7.59. The fourth-order valence-corrected chi connectivity index (χ4v) is 12.8. The van der Waals surface area contributed by atoms with Crippen LogP contribution in [0.1, 0.15) is 122 Å². The first kappa shape index (κ1) is 31.6. The molecule has 0 aromatic heterocycles. The SMILES string of the molecule is C=C(C)[C@@H]1CC[C@]2(NCCC(=O)O)CC[C@]3(C)[C@H](CC[C@@H]4[C@@]5(C)CC=C(c6ccc(C(=O)O)cc6)C(C)(C)[C@@H]5CC[C@]43C)[C@@H]12. The molecule has 3 N–H and O–H groups in total. The summed E-state index contributed by atoms with van der Waals surface area (Å²) < 4.78 is 0. The Morgan fingerprint density at radius 1 is 0.886 bits per heavy atom. The van der Waals surface area contributed by atoms with Gasteiger partial charge in [0, 0.05) is 12.1 Å². The molecule has 1 aromatic carbocycles. The number of carbonyl (C=O) groups is 2. The second kappa shape index (κ2) is 10.6. The van der Waals surface area contributed by atoms with E-state index in [1.54, 1.807) is 12.1 Å². The molecule has 5 aliphatic rings.